The molecule has 0 radical (unpaired) electrons. The molecule has 1 aromatic heterocycles. The predicted molar refractivity (Wildman–Crippen MR) is 83.7 cm³/mol. The van der Waals surface area contributed by atoms with Gasteiger partial charge < -0.3 is 10.2 Å². The van der Waals surface area contributed by atoms with Gasteiger partial charge in [-0.15, -0.1) is 0 Å². The first-order chi connectivity index (χ1) is 10.3. The number of aromatic nitrogens is 3. The fourth-order valence-corrected chi connectivity index (χ4v) is 4.48. The first-order valence-electron chi connectivity index (χ1n) is 8.18. The van der Waals surface area contributed by atoms with Crippen molar-refractivity contribution in [1.82, 2.24) is 15.0 Å². The average Bonchev–Trinajstić information content (AvgIpc) is 3.21. The molecule has 6 heteroatoms. The van der Waals surface area contributed by atoms with Crippen molar-refractivity contribution in [3.8, 4) is 0 Å². The van der Waals surface area contributed by atoms with Gasteiger partial charge >= 0.3 is 0 Å². The normalized spacial score (nSPS) is 31.1. The van der Waals surface area contributed by atoms with E-state index < -0.39 is 0 Å². The van der Waals surface area contributed by atoms with Crippen LogP contribution >= 0.6 is 11.6 Å². The van der Waals surface area contributed by atoms with Crippen LogP contribution in [0.15, 0.2) is 0 Å². The van der Waals surface area contributed by atoms with Crippen molar-refractivity contribution < 1.29 is 0 Å². The van der Waals surface area contributed by atoms with Crippen LogP contribution in [0, 0.1) is 17.8 Å². The SMILES string of the molecule is Clc1nc(NCC2CC3CCC2C3)nc(N2CCCC2)n1. The molecular weight excluding hydrogens is 286 g/mol. The Kier molecular flexibility index (Phi) is 3.61. The Morgan fingerprint density at radius 2 is 1.95 bits per heavy atom. The molecule has 1 aromatic rings. The standard InChI is InChI=1S/C15H22ClN5/c16-13-18-14(20-15(19-13)21-5-1-2-6-21)17-9-12-8-10-3-4-11(12)7-10/h10-12H,1-9H2,(H,17,18,19,20). The zero-order chi connectivity index (χ0) is 14.2. The second-order valence-electron chi connectivity index (χ2n) is 6.74. The predicted octanol–water partition coefficient (Wildman–Crippen LogP) is 2.97. The van der Waals surface area contributed by atoms with E-state index >= 15 is 0 Å². The summed E-state index contributed by atoms with van der Waals surface area (Å²) < 4.78 is 0. The Balaban J connectivity index is 1.42. The van der Waals surface area contributed by atoms with Gasteiger partial charge in [0.05, 0.1) is 0 Å². The fourth-order valence-electron chi connectivity index (χ4n) is 4.33. The highest BCUT2D eigenvalue weighted by Gasteiger charge is 2.39. The highest BCUT2D eigenvalue weighted by atomic mass is 35.5. The van der Waals surface area contributed by atoms with E-state index in [1.54, 1.807) is 0 Å². The van der Waals surface area contributed by atoms with E-state index in [9.17, 15) is 0 Å². The summed E-state index contributed by atoms with van der Waals surface area (Å²) in [6.07, 6.45) is 8.07. The number of nitrogens with one attached hydrogen (secondary N) is 1. The Morgan fingerprint density at radius 3 is 2.67 bits per heavy atom. The van der Waals surface area contributed by atoms with Gasteiger partial charge in [-0.25, -0.2) is 0 Å². The molecule has 0 aromatic carbocycles. The van der Waals surface area contributed by atoms with Crippen molar-refractivity contribution in [1.29, 1.82) is 0 Å². The summed E-state index contributed by atoms with van der Waals surface area (Å²) >= 11 is 6.06. The molecule has 4 rings (SSSR count). The zero-order valence-electron chi connectivity index (χ0n) is 12.3. The molecule has 1 saturated heterocycles. The Labute approximate surface area is 130 Å². The number of hydrogen-bond donors (Lipinski definition) is 1. The quantitative estimate of drug-likeness (QED) is 0.927. The molecule has 2 heterocycles. The minimum absolute atomic E-state index is 0.294. The Morgan fingerprint density at radius 1 is 1.10 bits per heavy atom. The molecule has 3 unspecified atom stereocenters. The lowest BCUT2D eigenvalue weighted by Gasteiger charge is -2.22. The van der Waals surface area contributed by atoms with Crippen molar-refractivity contribution in [2.45, 2.75) is 38.5 Å². The van der Waals surface area contributed by atoms with Gasteiger partial charge in [-0.3, -0.25) is 0 Å². The molecule has 3 fully saturated rings. The van der Waals surface area contributed by atoms with Crippen molar-refractivity contribution in [3.05, 3.63) is 5.28 Å². The van der Waals surface area contributed by atoms with Gasteiger partial charge in [0.2, 0.25) is 17.2 Å². The molecule has 21 heavy (non-hydrogen) atoms. The van der Waals surface area contributed by atoms with E-state index in [1.807, 2.05) is 0 Å². The van der Waals surface area contributed by atoms with Crippen molar-refractivity contribution >= 4 is 23.5 Å². The maximum absolute atomic E-state index is 6.06. The fraction of sp³-hybridized carbons (Fsp3) is 0.800. The minimum Gasteiger partial charge on any atom is -0.354 e. The third kappa shape index (κ3) is 2.80. The molecule has 1 aliphatic heterocycles. The smallest absolute Gasteiger partial charge is 0.231 e. The van der Waals surface area contributed by atoms with E-state index in [4.69, 9.17) is 11.6 Å². The third-order valence-corrected chi connectivity index (χ3v) is 5.56. The molecule has 3 atom stereocenters. The number of rotatable bonds is 4. The summed E-state index contributed by atoms with van der Waals surface area (Å²) in [5, 5.41) is 3.70. The first-order valence-corrected chi connectivity index (χ1v) is 8.56. The van der Waals surface area contributed by atoms with Gasteiger partial charge in [-0.1, -0.05) is 6.42 Å². The van der Waals surface area contributed by atoms with E-state index in [0.717, 1.165) is 43.3 Å². The minimum atomic E-state index is 0.294. The third-order valence-electron chi connectivity index (χ3n) is 5.39. The van der Waals surface area contributed by atoms with Gasteiger partial charge in [0, 0.05) is 19.6 Å². The van der Waals surface area contributed by atoms with E-state index in [-0.39, 0.29) is 0 Å². The van der Waals surface area contributed by atoms with E-state index in [2.05, 4.69) is 25.2 Å². The number of nitrogens with zero attached hydrogens (tertiary/aromatic N) is 4. The summed E-state index contributed by atoms with van der Waals surface area (Å²) in [5.41, 5.74) is 0. The zero-order valence-corrected chi connectivity index (χ0v) is 13.0. The van der Waals surface area contributed by atoms with Crippen molar-refractivity contribution in [3.63, 3.8) is 0 Å². The molecule has 114 valence electrons. The highest BCUT2D eigenvalue weighted by Crippen LogP contribution is 2.48. The molecule has 2 bridgehead atoms. The summed E-state index contributed by atoms with van der Waals surface area (Å²) in [6, 6.07) is 0. The summed E-state index contributed by atoms with van der Waals surface area (Å²) in [4.78, 5) is 15.2. The van der Waals surface area contributed by atoms with E-state index in [1.165, 1.54) is 38.5 Å². The van der Waals surface area contributed by atoms with Crippen LogP contribution in [0.1, 0.15) is 38.5 Å². The molecular formula is C15H22ClN5. The maximum atomic E-state index is 6.06. The topological polar surface area (TPSA) is 53.9 Å². The second kappa shape index (κ2) is 5.59. The van der Waals surface area contributed by atoms with Crippen LogP contribution < -0.4 is 10.2 Å². The first kappa shape index (κ1) is 13.6. The lowest BCUT2D eigenvalue weighted by molar-refractivity contribution is 0.348. The lowest BCUT2D eigenvalue weighted by atomic mass is 9.89. The van der Waals surface area contributed by atoms with Gasteiger partial charge in [0.15, 0.2) is 0 Å². The molecule has 3 aliphatic rings. The second-order valence-corrected chi connectivity index (χ2v) is 7.08. The van der Waals surface area contributed by atoms with Gasteiger partial charge in [0.1, 0.15) is 0 Å². The van der Waals surface area contributed by atoms with Gasteiger partial charge in [0.25, 0.3) is 0 Å². The number of halogens is 1. The van der Waals surface area contributed by atoms with Crippen LogP contribution in [-0.4, -0.2) is 34.6 Å². The van der Waals surface area contributed by atoms with Gasteiger partial charge in [-0.05, 0) is 61.5 Å². The van der Waals surface area contributed by atoms with Crippen LogP contribution in [-0.2, 0) is 0 Å². The highest BCUT2D eigenvalue weighted by molar-refractivity contribution is 6.28. The van der Waals surface area contributed by atoms with E-state index in [0.29, 0.717) is 11.2 Å². The van der Waals surface area contributed by atoms with Crippen molar-refractivity contribution in [2.75, 3.05) is 29.9 Å². The Hall–Kier alpha value is -1.10. The van der Waals surface area contributed by atoms with Gasteiger partial charge in [-0.2, -0.15) is 15.0 Å². The van der Waals surface area contributed by atoms with Crippen molar-refractivity contribution in [2.24, 2.45) is 17.8 Å². The summed E-state index contributed by atoms with van der Waals surface area (Å²) in [5.74, 6) is 4.04. The molecule has 2 saturated carbocycles. The van der Waals surface area contributed by atoms with Crippen LogP contribution in [0.4, 0.5) is 11.9 Å². The number of hydrogen-bond acceptors (Lipinski definition) is 5. The molecule has 0 spiro atoms. The Bertz CT molecular complexity index is 517. The van der Waals surface area contributed by atoms with Crippen LogP contribution in [0.3, 0.4) is 0 Å². The van der Waals surface area contributed by atoms with Crippen LogP contribution in [0.5, 0.6) is 0 Å². The summed E-state index contributed by atoms with van der Waals surface area (Å²) in [7, 11) is 0. The lowest BCUT2D eigenvalue weighted by Crippen LogP contribution is -2.24. The maximum Gasteiger partial charge on any atom is 0.231 e. The molecule has 0 amide bonds. The average molecular weight is 308 g/mol. The van der Waals surface area contributed by atoms with Crippen LogP contribution in [0.25, 0.3) is 0 Å². The molecule has 2 aliphatic carbocycles. The summed E-state index contributed by atoms with van der Waals surface area (Å²) in [6.45, 7) is 3.01. The van der Waals surface area contributed by atoms with Crippen LogP contribution in [0.2, 0.25) is 5.28 Å². The molecule has 5 nitrogen and oxygen atoms in total. The number of anilines is 2. The monoisotopic (exact) mass is 307 g/mol. The molecule has 1 N–H and O–H groups in total. The largest absolute Gasteiger partial charge is 0.354 e. The number of fused-ring (bicyclic) bond motifs is 2.